The van der Waals surface area contributed by atoms with E-state index in [1.165, 1.54) is 13.2 Å². The van der Waals surface area contributed by atoms with Crippen LogP contribution < -0.4 is 9.47 Å². The molecule has 2 heterocycles. The Morgan fingerprint density at radius 2 is 2.00 bits per heavy atom. The maximum absolute atomic E-state index is 13.0. The zero-order valence-electron chi connectivity index (χ0n) is 12.7. The molecule has 1 aliphatic heterocycles. The monoisotopic (exact) mass is 340 g/mol. The van der Waals surface area contributed by atoms with E-state index in [1.807, 2.05) is 6.92 Å². The highest BCUT2D eigenvalue weighted by atomic mass is 32.2. The quantitative estimate of drug-likeness (QED) is 0.855. The van der Waals surface area contributed by atoms with Gasteiger partial charge in [0.25, 0.3) is 0 Å². The van der Waals surface area contributed by atoms with Gasteiger partial charge in [0.15, 0.2) is 21.3 Å². The first-order valence-corrected chi connectivity index (χ1v) is 9.03. The van der Waals surface area contributed by atoms with Gasteiger partial charge in [-0.05, 0) is 38.4 Å². The summed E-state index contributed by atoms with van der Waals surface area (Å²) in [6.07, 6.45) is 0. The van der Waals surface area contributed by atoms with Gasteiger partial charge < -0.3 is 9.47 Å². The normalized spacial score (nSPS) is 17.5. The number of hydrogen-bond donors (Lipinski definition) is 0. The van der Waals surface area contributed by atoms with Crippen LogP contribution >= 0.6 is 11.5 Å². The minimum Gasteiger partial charge on any atom is -0.493 e. The molecule has 0 saturated heterocycles. The molecule has 6 nitrogen and oxygen atoms in total. The molecule has 0 unspecified atom stereocenters. The molecule has 0 radical (unpaired) electrons. The first-order chi connectivity index (χ1) is 10.3. The van der Waals surface area contributed by atoms with Crippen molar-refractivity contribution in [3.8, 4) is 22.8 Å². The fourth-order valence-electron chi connectivity index (χ4n) is 2.54. The van der Waals surface area contributed by atoms with Crippen molar-refractivity contribution < 1.29 is 17.9 Å². The van der Waals surface area contributed by atoms with Gasteiger partial charge in [0, 0.05) is 11.6 Å². The van der Waals surface area contributed by atoms with Crippen LogP contribution in [-0.2, 0) is 14.6 Å². The van der Waals surface area contributed by atoms with Gasteiger partial charge in [-0.15, -0.1) is 5.10 Å². The summed E-state index contributed by atoms with van der Waals surface area (Å²) in [7, 11) is -2.05. The summed E-state index contributed by atoms with van der Waals surface area (Å²) >= 11 is 1.11. The SMILES string of the molecule is CCOc1cc2c(cc1OC)-c1nnsc1C(C)(C)S2(=O)=O. The number of sulfone groups is 1. The number of methoxy groups -OCH3 is 1. The summed E-state index contributed by atoms with van der Waals surface area (Å²) in [4.78, 5) is 0.855. The third-order valence-corrected chi connectivity index (χ3v) is 7.46. The van der Waals surface area contributed by atoms with E-state index in [1.54, 1.807) is 19.9 Å². The van der Waals surface area contributed by atoms with E-state index in [0.717, 1.165) is 11.5 Å². The Hall–Kier alpha value is -1.67. The summed E-state index contributed by atoms with van der Waals surface area (Å²) in [6, 6.07) is 3.18. The molecule has 0 bridgehead atoms. The fourth-order valence-corrected chi connectivity index (χ4v) is 5.24. The van der Waals surface area contributed by atoms with Crippen molar-refractivity contribution in [2.45, 2.75) is 30.4 Å². The number of fused-ring (bicyclic) bond motifs is 3. The second-order valence-corrected chi connectivity index (χ2v) is 8.62. The van der Waals surface area contributed by atoms with Crippen LogP contribution in [0.15, 0.2) is 17.0 Å². The van der Waals surface area contributed by atoms with Crippen LogP contribution in [0.25, 0.3) is 11.3 Å². The summed E-state index contributed by atoms with van der Waals surface area (Å²) in [5, 5.41) is 4.12. The van der Waals surface area contributed by atoms with Crippen LogP contribution in [0.1, 0.15) is 25.6 Å². The van der Waals surface area contributed by atoms with Gasteiger partial charge in [-0.1, -0.05) is 4.49 Å². The Morgan fingerprint density at radius 3 is 2.64 bits per heavy atom. The molecule has 1 aromatic heterocycles. The molecule has 118 valence electrons. The lowest BCUT2D eigenvalue weighted by Crippen LogP contribution is -2.32. The zero-order chi connectivity index (χ0) is 16.1. The lowest BCUT2D eigenvalue weighted by Gasteiger charge is -2.30. The molecule has 1 aromatic carbocycles. The van der Waals surface area contributed by atoms with Crippen LogP contribution in [0.3, 0.4) is 0 Å². The number of benzene rings is 1. The largest absolute Gasteiger partial charge is 0.493 e. The van der Waals surface area contributed by atoms with Crippen LogP contribution in [0.4, 0.5) is 0 Å². The van der Waals surface area contributed by atoms with Gasteiger partial charge in [0.2, 0.25) is 0 Å². The van der Waals surface area contributed by atoms with Crippen molar-refractivity contribution >= 4 is 21.4 Å². The Kier molecular flexibility index (Phi) is 3.41. The second-order valence-electron chi connectivity index (χ2n) is 5.40. The molecule has 3 rings (SSSR count). The minimum atomic E-state index is -3.57. The average molecular weight is 340 g/mol. The molecule has 0 saturated carbocycles. The van der Waals surface area contributed by atoms with E-state index in [2.05, 4.69) is 9.59 Å². The summed E-state index contributed by atoms with van der Waals surface area (Å²) in [5.74, 6) is 0.893. The fraction of sp³-hybridized carbons (Fsp3) is 0.429. The maximum Gasteiger partial charge on any atom is 0.189 e. The highest BCUT2D eigenvalue weighted by Crippen LogP contribution is 2.51. The molecule has 0 N–H and O–H groups in total. The number of aromatic nitrogens is 2. The van der Waals surface area contributed by atoms with E-state index in [-0.39, 0.29) is 4.90 Å². The molecule has 1 aliphatic rings. The van der Waals surface area contributed by atoms with E-state index < -0.39 is 14.6 Å². The predicted molar refractivity (Wildman–Crippen MR) is 83.3 cm³/mol. The van der Waals surface area contributed by atoms with Crippen LogP contribution in [0, 0.1) is 0 Å². The average Bonchev–Trinajstić information content (AvgIpc) is 2.96. The van der Waals surface area contributed by atoms with E-state index in [4.69, 9.17) is 9.47 Å². The number of rotatable bonds is 3. The van der Waals surface area contributed by atoms with Gasteiger partial charge in [-0.25, -0.2) is 8.42 Å². The van der Waals surface area contributed by atoms with Gasteiger partial charge in [0.05, 0.1) is 23.5 Å². The lowest BCUT2D eigenvalue weighted by atomic mass is 10.0. The second kappa shape index (κ2) is 4.92. The van der Waals surface area contributed by atoms with E-state index >= 15 is 0 Å². The van der Waals surface area contributed by atoms with E-state index in [9.17, 15) is 8.42 Å². The van der Waals surface area contributed by atoms with Gasteiger partial charge in [0.1, 0.15) is 10.4 Å². The predicted octanol–water partition coefficient (Wildman–Crippen LogP) is 2.63. The summed E-state index contributed by atoms with van der Waals surface area (Å²) in [6.45, 7) is 5.60. The first-order valence-electron chi connectivity index (χ1n) is 6.77. The molecule has 0 aliphatic carbocycles. The Balaban J connectivity index is 2.38. The van der Waals surface area contributed by atoms with Crippen LogP contribution in [0.2, 0.25) is 0 Å². The lowest BCUT2D eigenvalue weighted by molar-refractivity contribution is 0.310. The van der Waals surface area contributed by atoms with E-state index in [0.29, 0.717) is 34.2 Å². The van der Waals surface area contributed by atoms with Crippen molar-refractivity contribution in [2.75, 3.05) is 13.7 Å². The molecule has 22 heavy (non-hydrogen) atoms. The molecule has 2 aromatic rings. The van der Waals surface area contributed by atoms with Crippen molar-refractivity contribution in [3.63, 3.8) is 0 Å². The third-order valence-electron chi connectivity index (χ3n) is 3.82. The molecule has 0 fully saturated rings. The number of hydrogen-bond acceptors (Lipinski definition) is 7. The van der Waals surface area contributed by atoms with Gasteiger partial charge in [-0.3, -0.25) is 0 Å². The molecular formula is C14H16N2O4S2. The highest BCUT2D eigenvalue weighted by molar-refractivity contribution is 7.92. The topological polar surface area (TPSA) is 78.4 Å². The molecular weight excluding hydrogens is 324 g/mol. The molecule has 0 spiro atoms. The van der Waals surface area contributed by atoms with Gasteiger partial charge in [-0.2, -0.15) is 0 Å². The van der Waals surface area contributed by atoms with Crippen molar-refractivity contribution in [1.82, 2.24) is 9.59 Å². The van der Waals surface area contributed by atoms with Crippen molar-refractivity contribution in [2.24, 2.45) is 0 Å². The van der Waals surface area contributed by atoms with Crippen LogP contribution in [0.5, 0.6) is 11.5 Å². The number of ether oxygens (including phenoxy) is 2. The number of nitrogens with zero attached hydrogens (tertiary/aromatic N) is 2. The molecule has 0 atom stereocenters. The maximum atomic E-state index is 13.0. The van der Waals surface area contributed by atoms with Crippen molar-refractivity contribution in [1.29, 1.82) is 0 Å². The molecule has 0 amide bonds. The Labute approximate surface area is 133 Å². The molecule has 8 heteroatoms. The smallest absolute Gasteiger partial charge is 0.189 e. The Bertz CT molecular complexity index is 841. The minimum absolute atomic E-state index is 0.210. The zero-order valence-corrected chi connectivity index (χ0v) is 14.3. The van der Waals surface area contributed by atoms with Crippen molar-refractivity contribution in [3.05, 3.63) is 17.0 Å². The van der Waals surface area contributed by atoms with Gasteiger partial charge >= 0.3 is 0 Å². The summed E-state index contributed by atoms with van der Waals surface area (Å²) < 4.78 is 39.7. The van der Waals surface area contributed by atoms with Crippen LogP contribution in [-0.4, -0.2) is 31.7 Å². The Morgan fingerprint density at radius 1 is 1.27 bits per heavy atom. The highest BCUT2D eigenvalue weighted by Gasteiger charge is 2.47. The standard InChI is InChI=1S/C14H16N2O4S2/c1-5-20-10-7-11-8(6-9(10)19-4)12-13(21-16-15-12)14(2,3)22(11,17)18/h6-7H,5H2,1-4H3. The summed E-state index contributed by atoms with van der Waals surface area (Å²) in [5.41, 5.74) is 1.12. The third kappa shape index (κ3) is 1.87. The first kappa shape index (κ1) is 15.2.